The predicted molar refractivity (Wildman–Crippen MR) is 103 cm³/mol. The van der Waals surface area contributed by atoms with Gasteiger partial charge in [0, 0.05) is 37.7 Å². The minimum Gasteiger partial charge on any atom is -0.492 e. The summed E-state index contributed by atoms with van der Waals surface area (Å²) in [6.45, 7) is 5.77. The molecule has 0 unspecified atom stereocenters. The number of nitrogens with zero attached hydrogens (tertiary/aromatic N) is 2. The minimum atomic E-state index is -3.45. The second-order valence-corrected chi connectivity index (χ2v) is 8.74. The van der Waals surface area contributed by atoms with Gasteiger partial charge in [-0.3, -0.25) is 4.90 Å². The molecule has 2 aromatic carbocycles. The molecule has 0 atom stereocenters. The maximum absolute atomic E-state index is 12.7. The molecular weight excluding hydrogens is 372 g/mol. The number of sulfonamides is 1. The van der Waals surface area contributed by atoms with Crippen LogP contribution in [-0.2, 0) is 10.0 Å². The van der Waals surface area contributed by atoms with Crippen molar-refractivity contribution >= 4 is 21.6 Å². The maximum Gasteiger partial charge on any atom is 0.243 e. The van der Waals surface area contributed by atoms with Gasteiger partial charge in [-0.05, 0) is 43.3 Å². The van der Waals surface area contributed by atoms with E-state index in [9.17, 15) is 8.42 Å². The van der Waals surface area contributed by atoms with Crippen LogP contribution < -0.4 is 4.74 Å². The quantitative estimate of drug-likeness (QED) is 0.755. The second-order valence-electron chi connectivity index (χ2n) is 6.36. The van der Waals surface area contributed by atoms with Gasteiger partial charge in [-0.25, -0.2) is 8.42 Å². The molecule has 0 bridgehead atoms. The first-order chi connectivity index (χ1) is 12.4. The molecule has 0 spiro atoms. The average Bonchev–Trinajstić information content (AvgIpc) is 2.64. The molecule has 1 fully saturated rings. The third-order valence-electron chi connectivity index (χ3n) is 4.48. The van der Waals surface area contributed by atoms with Crippen LogP contribution in [0.1, 0.15) is 5.56 Å². The molecule has 0 N–H and O–H groups in total. The molecular formula is C19H23ClN2O3S. The van der Waals surface area contributed by atoms with E-state index in [1.165, 1.54) is 9.87 Å². The maximum atomic E-state index is 12.7. The molecule has 5 nitrogen and oxygen atoms in total. The molecule has 2 aromatic rings. The number of piperazine rings is 1. The van der Waals surface area contributed by atoms with Crippen LogP contribution in [0.4, 0.5) is 0 Å². The van der Waals surface area contributed by atoms with Crippen molar-refractivity contribution in [2.45, 2.75) is 11.8 Å². The lowest BCUT2D eigenvalue weighted by atomic mass is 10.2. The zero-order valence-electron chi connectivity index (χ0n) is 14.8. The van der Waals surface area contributed by atoms with Crippen LogP contribution in [0, 0.1) is 6.92 Å². The van der Waals surface area contributed by atoms with Crippen molar-refractivity contribution in [2.24, 2.45) is 0 Å². The van der Waals surface area contributed by atoms with E-state index in [1.807, 2.05) is 31.2 Å². The zero-order valence-corrected chi connectivity index (χ0v) is 16.3. The number of benzene rings is 2. The molecule has 0 aliphatic carbocycles. The molecule has 3 rings (SSSR count). The number of halogens is 1. The van der Waals surface area contributed by atoms with Gasteiger partial charge in [0.25, 0.3) is 0 Å². The Balaban J connectivity index is 1.47. The summed E-state index contributed by atoms with van der Waals surface area (Å²) in [6.07, 6.45) is 0. The van der Waals surface area contributed by atoms with Crippen molar-refractivity contribution < 1.29 is 13.2 Å². The SMILES string of the molecule is Cc1ccc(OCCN2CCN(S(=O)(=O)c3ccc(Cl)cc3)CC2)cc1. The van der Waals surface area contributed by atoms with Crippen LogP contribution in [0.2, 0.25) is 5.02 Å². The van der Waals surface area contributed by atoms with Crippen LogP contribution in [0.15, 0.2) is 53.4 Å². The highest BCUT2D eigenvalue weighted by molar-refractivity contribution is 7.89. The fraction of sp³-hybridized carbons (Fsp3) is 0.368. The smallest absolute Gasteiger partial charge is 0.243 e. The summed E-state index contributed by atoms with van der Waals surface area (Å²) in [4.78, 5) is 2.51. The summed E-state index contributed by atoms with van der Waals surface area (Å²) < 4.78 is 32.6. The molecule has 26 heavy (non-hydrogen) atoms. The fourth-order valence-electron chi connectivity index (χ4n) is 2.88. The summed E-state index contributed by atoms with van der Waals surface area (Å²) in [5.41, 5.74) is 1.20. The monoisotopic (exact) mass is 394 g/mol. The fourth-order valence-corrected chi connectivity index (χ4v) is 4.42. The Labute approximate surface area is 160 Å². The van der Waals surface area contributed by atoms with E-state index < -0.39 is 10.0 Å². The first-order valence-corrected chi connectivity index (χ1v) is 10.4. The first-order valence-electron chi connectivity index (χ1n) is 8.63. The van der Waals surface area contributed by atoms with E-state index >= 15 is 0 Å². The average molecular weight is 395 g/mol. The second kappa shape index (κ2) is 8.39. The van der Waals surface area contributed by atoms with Gasteiger partial charge in [0.2, 0.25) is 10.0 Å². The van der Waals surface area contributed by atoms with E-state index in [0.717, 1.165) is 12.3 Å². The highest BCUT2D eigenvalue weighted by Crippen LogP contribution is 2.20. The third kappa shape index (κ3) is 4.76. The zero-order chi connectivity index (χ0) is 18.6. The van der Waals surface area contributed by atoms with E-state index in [0.29, 0.717) is 37.8 Å². The van der Waals surface area contributed by atoms with Gasteiger partial charge in [0.15, 0.2) is 0 Å². The van der Waals surface area contributed by atoms with Gasteiger partial charge in [-0.1, -0.05) is 29.3 Å². The van der Waals surface area contributed by atoms with Crippen LogP contribution in [0.25, 0.3) is 0 Å². The molecule has 0 saturated carbocycles. The van der Waals surface area contributed by atoms with E-state index in [-0.39, 0.29) is 4.90 Å². The van der Waals surface area contributed by atoms with Crippen molar-refractivity contribution in [3.05, 3.63) is 59.1 Å². The molecule has 1 saturated heterocycles. The Hall–Kier alpha value is -1.60. The number of aryl methyl sites for hydroxylation is 1. The molecule has 1 heterocycles. The minimum absolute atomic E-state index is 0.290. The number of rotatable bonds is 6. The molecule has 1 aliphatic rings. The van der Waals surface area contributed by atoms with Crippen molar-refractivity contribution in [1.82, 2.24) is 9.21 Å². The Kier molecular flexibility index (Phi) is 6.19. The van der Waals surface area contributed by atoms with Crippen LogP contribution in [0.5, 0.6) is 5.75 Å². The van der Waals surface area contributed by atoms with Gasteiger partial charge >= 0.3 is 0 Å². The Morgan fingerprint density at radius 1 is 0.962 bits per heavy atom. The highest BCUT2D eigenvalue weighted by atomic mass is 35.5. The lowest BCUT2D eigenvalue weighted by Gasteiger charge is -2.33. The van der Waals surface area contributed by atoms with E-state index in [1.54, 1.807) is 24.3 Å². The number of hydrogen-bond donors (Lipinski definition) is 0. The van der Waals surface area contributed by atoms with Crippen LogP contribution in [-0.4, -0.2) is 57.0 Å². The van der Waals surface area contributed by atoms with Crippen molar-refractivity contribution in [3.63, 3.8) is 0 Å². The van der Waals surface area contributed by atoms with Gasteiger partial charge in [-0.2, -0.15) is 4.31 Å². The molecule has 1 aliphatic heterocycles. The standard InChI is InChI=1S/C19H23ClN2O3S/c1-16-2-6-18(7-3-16)25-15-14-21-10-12-22(13-11-21)26(23,24)19-8-4-17(20)5-9-19/h2-9H,10-15H2,1H3. The Bertz CT molecular complexity index is 815. The first kappa shape index (κ1) is 19.2. The van der Waals surface area contributed by atoms with E-state index in [4.69, 9.17) is 16.3 Å². The Morgan fingerprint density at radius 2 is 1.58 bits per heavy atom. The van der Waals surface area contributed by atoms with Gasteiger partial charge in [0.05, 0.1) is 4.90 Å². The van der Waals surface area contributed by atoms with Crippen molar-refractivity contribution in [3.8, 4) is 5.75 Å². The van der Waals surface area contributed by atoms with Gasteiger partial charge < -0.3 is 4.74 Å². The topological polar surface area (TPSA) is 49.9 Å². The summed E-state index contributed by atoms with van der Waals surface area (Å²) >= 11 is 5.84. The summed E-state index contributed by atoms with van der Waals surface area (Å²) in [6, 6.07) is 14.3. The van der Waals surface area contributed by atoms with Gasteiger partial charge in [0.1, 0.15) is 12.4 Å². The molecule has 0 radical (unpaired) electrons. The van der Waals surface area contributed by atoms with Gasteiger partial charge in [-0.15, -0.1) is 0 Å². The number of hydrogen-bond acceptors (Lipinski definition) is 4. The summed E-state index contributed by atoms with van der Waals surface area (Å²) in [5, 5.41) is 0.530. The van der Waals surface area contributed by atoms with E-state index in [2.05, 4.69) is 4.90 Å². The summed E-state index contributed by atoms with van der Waals surface area (Å²) in [7, 11) is -3.45. The molecule has 7 heteroatoms. The summed E-state index contributed by atoms with van der Waals surface area (Å²) in [5.74, 6) is 0.861. The highest BCUT2D eigenvalue weighted by Gasteiger charge is 2.28. The molecule has 0 aromatic heterocycles. The molecule has 140 valence electrons. The lowest BCUT2D eigenvalue weighted by Crippen LogP contribution is -2.49. The van der Waals surface area contributed by atoms with Crippen molar-refractivity contribution in [1.29, 1.82) is 0 Å². The molecule has 0 amide bonds. The predicted octanol–water partition coefficient (Wildman–Crippen LogP) is 3.03. The lowest BCUT2D eigenvalue weighted by molar-refractivity contribution is 0.159. The Morgan fingerprint density at radius 3 is 2.19 bits per heavy atom. The third-order valence-corrected chi connectivity index (χ3v) is 6.64. The largest absolute Gasteiger partial charge is 0.492 e. The van der Waals surface area contributed by atoms with Crippen LogP contribution in [0.3, 0.4) is 0 Å². The van der Waals surface area contributed by atoms with Crippen LogP contribution >= 0.6 is 11.6 Å². The number of ether oxygens (including phenoxy) is 1. The van der Waals surface area contributed by atoms with Crippen molar-refractivity contribution in [2.75, 3.05) is 39.3 Å². The normalized spacial score (nSPS) is 16.5.